The van der Waals surface area contributed by atoms with Crippen molar-refractivity contribution in [1.29, 1.82) is 0 Å². The van der Waals surface area contributed by atoms with Crippen LogP contribution in [0.25, 0.3) is 21.5 Å². The van der Waals surface area contributed by atoms with Gasteiger partial charge in [0.05, 0.1) is 33.2 Å². The van der Waals surface area contributed by atoms with Gasteiger partial charge < -0.3 is 15.2 Å². The number of nitrogens with zero attached hydrogens (tertiary/aromatic N) is 3. The minimum atomic E-state index is -0.148. The van der Waals surface area contributed by atoms with Crippen molar-refractivity contribution in [3.63, 3.8) is 0 Å². The van der Waals surface area contributed by atoms with Crippen LogP contribution in [-0.2, 0) is 9.59 Å². The summed E-state index contributed by atoms with van der Waals surface area (Å²) < 4.78 is 1.22. The number of piperidine rings is 1. The number of fused-ring (bicyclic) bond motifs is 1. The van der Waals surface area contributed by atoms with Crippen LogP contribution in [0.3, 0.4) is 0 Å². The first-order valence-corrected chi connectivity index (χ1v) is 15.7. The molecule has 2 aromatic heterocycles. The lowest BCUT2D eigenvalue weighted by Gasteiger charge is -2.30. The summed E-state index contributed by atoms with van der Waals surface area (Å²) in [6.07, 6.45) is 12.6. The van der Waals surface area contributed by atoms with Gasteiger partial charge in [-0.15, -0.1) is 11.3 Å². The first-order valence-electron chi connectivity index (χ1n) is 14.9. The molecule has 1 saturated heterocycles. The van der Waals surface area contributed by atoms with E-state index in [1.54, 1.807) is 0 Å². The fraction of sp³-hybridized carbons (Fsp3) is 0.613. The molecule has 1 spiro atoms. The largest absolute Gasteiger partial charge is 0.346 e. The molecule has 0 unspecified atom stereocenters. The molecule has 1 aromatic carbocycles. The van der Waals surface area contributed by atoms with Crippen LogP contribution in [0.4, 0.5) is 0 Å². The molecule has 3 fully saturated rings. The molecule has 0 radical (unpaired) electrons. The summed E-state index contributed by atoms with van der Waals surface area (Å²) in [6.45, 7) is 4.09. The SMILES string of the molecule is CCC(=O)CCCCC[C@H](NC(=O)[C@H]1CC12CCN(C)CC2)c1ncc(-c2ccc3nc(C4CC4)sc3c2)[nH]1. The summed E-state index contributed by atoms with van der Waals surface area (Å²) in [5.74, 6) is 2.12. The standard InChI is InChI=1S/C31H41N5O2S/c1-3-22(37)7-5-4-6-8-25(34-29(38)23-18-31(23)13-15-36(2)16-14-31)28-32-19-26(33-28)21-11-12-24-27(17-21)39-30(35-24)20-9-10-20/h11-12,17,19-20,23,25H,3-10,13-16,18H2,1-2H3,(H,32,33)(H,34,38)/t23-,25+/m1/s1. The minimum absolute atomic E-state index is 0.125. The summed E-state index contributed by atoms with van der Waals surface area (Å²) in [5, 5.41) is 4.65. The lowest BCUT2D eigenvalue weighted by Crippen LogP contribution is -2.36. The number of benzene rings is 1. The molecule has 2 aliphatic carbocycles. The van der Waals surface area contributed by atoms with Gasteiger partial charge >= 0.3 is 0 Å². The third-order valence-corrected chi connectivity index (χ3v) is 10.4. The van der Waals surface area contributed by atoms with E-state index in [4.69, 9.17) is 9.97 Å². The van der Waals surface area contributed by atoms with E-state index in [0.29, 0.717) is 24.5 Å². The number of thiazole rings is 1. The molecule has 7 nitrogen and oxygen atoms in total. The number of carbonyl (C=O) groups excluding carboxylic acids is 2. The normalized spacial score (nSPS) is 21.3. The number of likely N-dealkylation sites (tertiary alicyclic amines) is 1. The Morgan fingerprint density at radius 3 is 2.79 bits per heavy atom. The first-order chi connectivity index (χ1) is 18.9. The van der Waals surface area contributed by atoms with Crippen LogP contribution in [0.15, 0.2) is 24.4 Å². The van der Waals surface area contributed by atoms with Gasteiger partial charge in [-0.25, -0.2) is 9.97 Å². The number of hydrogen-bond acceptors (Lipinski definition) is 6. The third kappa shape index (κ3) is 5.97. The molecule has 3 aliphatic rings. The molecule has 39 heavy (non-hydrogen) atoms. The number of aromatic nitrogens is 3. The average molecular weight is 548 g/mol. The molecule has 2 saturated carbocycles. The molecular formula is C31H41N5O2S. The first kappa shape index (κ1) is 26.6. The number of carbonyl (C=O) groups is 2. The van der Waals surface area contributed by atoms with E-state index in [-0.39, 0.29) is 23.3 Å². The van der Waals surface area contributed by atoms with Crippen LogP contribution in [-0.4, -0.2) is 51.7 Å². The second kappa shape index (κ2) is 11.1. The van der Waals surface area contributed by atoms with E-state index in [9.17, 15) is 9.59 Å². The molecule has 8 heteroatoms. The monoisotopic (exact) mass is 547 g/mol. The highest BCUT2D eigenvalue weighted by Crippen LogP contribution is 2.59. The molecule has 208 valence electrons. The number of nitrogens with one attached hydrogen (secondary N) is 2. The van der Waals surface area contributed by atoms with Gasteiger partial charge in [-0.1, -0.05) is 25.8 Å². The average Bonchev–Trinajstić information content (AvgIpc) is 3.81. The molecule has 2 N–H and O–H groups in total. The van der Waals surface area contributed by atoms with Crippen molar-refractivity contribution < 1.29 is 9.59 Å². The number of ketones is 1. The summed E-state index contributed by atoms with van der Waals surface area (Å²) in [6, 6.07) is 6.29. The third-order valence-electron chi connectivity index (χ3n) is 9.22. The van der Waals surface area contributed by atoms with Gasteiger partial charge in [0.15, 0.2) is 0 Å². The van der Waals surface area contributed by atoms with Crippen molar-refractivity contribution in [3.05, 3.63) is 35.2 Å². The Balaban J connectivity index is 1.14. The minimum Gasteiger partial charge on any atom is -0.346 e. The fourth-order valence-corrected chi connectivity index (χ4v) is 7.36. The molecule has 3 aromatic rings. The highest BCUT2D eigenvalue weighted by atomic mass is 32.1. The molecule has 1 aliphatic heterocycles. The van der Waals surface area contributed by atoms with Gasteiger partial charge in [0.25, 0.3) is 0 Å². The van der Waals surface area contributed by atoms with Crippen molar-refractivity contribution in [2.45, 2.75) is 89.5 Å². The van der Waals surface area contributed by atoms with Crippen LogP contribution in [0, 0.1) is 11.3 Å². The lowest BCUT2D eigenvalue weighted by molar-refractivity contribution is -0.124. The highest BCUT2D eigenvalue weighted by Gasteiger charge is 2.58. The molecular weight excluding hydrogens is 506 g/mol. The molecule has 6 rings (SSSR count). The maximum absolute atomic E-state index is 13.4. The summed E-state index contributed by atoms with van der Waals surface area (Å²) in [7, 11) is 2.17. The summed E-state index contributed by atoms with van der Waals surface area (Å²) in [5.41, 5.74) is 3.35. The number of amides is 1. The van der Waals surface area contributed by atoms with Crippen molar-refractivity contribution in [1.82, 2.24) is 25.2 Å². The number of imidazole rings is 1. The molecule has 0 bridgehead atoms. The maximum atomic E-state index is 13.4. The van der Waals surface area contributed by atoms with Crippen LogP contribution in [0.1, 0.15) is 100 Å². The van der Waals surface area contributed by atoms with Crippen molar-refractivity contribution in [2.24, 2.45) is 11.3 Å². The number of hydrogen-bond donors (Lipinski definition) is 2. The Kier molecular flexibility index (Phi) is 7.60. The topological polar surface area (TPSA) is 91.0 Å². The lowest BCUT2D eigenvalue weighted by atomic mass is 9.91. The predicted molar refractivity (Wildman–Crippen MR) is 156 cm³/mol. The van der Waals surface area contributed by atoms with E-state index in [1.165, 1.54) is 22.5 Å². The second-order valence-electron chi connectivity index (χ2n) is 12.2. The Bertz CT molecular complexity index is 1330. The number of H-pyrrole nitrogens is 1. The van der Waals surface area contributed by atoms with Crippen LogP contribution in [0.5, 0.6) is 0 Å². The van der Waals surface area contributed by atoms with Gasteiger partial charge in [-0.3, -0.25) is 9.59 Å². The number of unbranched alkanes of at least 4 members (excludes halogenated alkanes) is 2. The quantitative estimate of drug-likeness (QED) is 0.257. The van der Waals surface area contributed by atoms with Gasteiger partial charge in [-0.2, -0.15) is 0 Å². The summed E-state index contributed by atoms with van der Waals surface area (Å²) >= 11 is 1.81. The van der Waals surface area contributed by atoms with Gasteiger partial charge in [0.1, 0.15) is 11.6 Å². The number of Topliss-reactive ketones (excluding diaryl/α,β-unsaturated/α-hetero) is 1. The Labute approximate surface area is 235 Å². The van der Waals surface area contributed by atoms with Crippen molar-refractivity contribution in [3.8, 4) is 11.3 Å². The van der Waals surface area contributed by atoms with Crippen LogP contribution in [0.2, 0.25) is 0 Å². The van der Waals surface area contributed by atoms with Crippen molar-refractivity contribution in [2.75, 3.05) is 20.1 Å². The van der Waals surface area contributed by atoms with E-state index in [0.717, 1.165) is 80.6 Å². The van der Waals surface area contributed by atoms with E-state index < -0.39 is 0 Å². The smallest absolute Gasteiger partial charge is 0.224 e. The second-order valence-corrected chi connectivity index (χ2v) is 13.2. The van der Waals surface area contributed by atoms with E-state index in [1.807, 2.05) is 24.5 Å². The Morgan fingerprint density at radius 2 is 2.03 bits per heavy atom. The van der Waals surface area contributed by atoms with E-state index in [2.05, 4.69) is 40.4 Å². The van der Waals surface area contributed by atoms with Gasteiger partial charge in [-0.05, 0) is 82.6 Å². The zero-order valence-corrected chi connectivity index (χ0v) is 24.1. The summed E-state index contributed by atoms with van der Waals surface area (Å²) in [4.78, 5) is 40.6. The molecule has 3 heterocycles. The zero-order chi connectivity index (χ0) is 27.0. The Morgan fingerprint density at radius 1 is 1.21 bits per heavy atom. The molecule has 2 atom stereocenters. The van der Waals surface area contributed by atoms with Crippen LogP contribution >= 0.6 is 11.3 Å². The molecule has 1 amide bonds. The van der Waals surface area contributed by atoms with Crippen LogP contribution < -0.4 is 5.32 Å². The van der Waals surface area contributed by atoms with Crippen molar-refractivity contribution >= 4 is 33.2 Å². The zero-order valence-electron chi connectivity index (χ0n) is 23.3. The van der Waals surface area contributed by atoms with Gasteiger partial charge in [0, 0.05) is 30.2 Å². The predicted octanol–water partition coefficient (Wildman–Crippen LogP) is 6.38. The fourth-order valence-electron chi connectivity index (χ4n) is 6.18. The number of rotatable bonds is 12. The van der Waals surface area contributed by atoms with E-state index >= 15 is 0 Å². The Hall–Kier alpha value is -2.58. The number of aromatic amines is 1. The highest BCUT2D eigenvalue weighted by molar-refractivity contribution is 7.18. The maximum Gasteiger partial charge on any atom is 0.224 e. The van der Waals surface area contributed by atoms with Gasteiger partial charge in [0.2, 0.25) is 5.91 Å².